The molecule has 7 atom stereocenters. The Kier molecular flexibility index (Phi) is 4.98. The summed E-state index contributed by atoms with van der Waals surface area (Å²) in [5.41, 5.74) is 7.58. The summed E-state index contributed by atoms with van der Waals surface area (Å²) < 4.78 is 0. The minimum Gasteiger partial charge on any atom is -0.391 e. The van der Waals surface area contributed by atoms with Crippen molar-refractivity contribution >= 4 is 5.78 Å². The molecule has 30 heavy (non-hydrogen) atoms. The average molecular weight is 408 g/mol. The second-order valence-electron chi connectivity index (χ2n) is 11.0. The first-order chi connectivity index (χ1) is 14.3. The molecule has 1 saturated heterocycles. The van der Waals surface area contributed by atoms with Crippen molar-refractivity contribution in [3.8, 4) is 0 Å². The molecule has 162 valence electrons. The first-order valence-corrected chi connectivity index (χ1v) is 12.1. The molecule has 1 heterocycles. The summed E-state index contributed by atoms with van der Waals surface area (Å²) in [7, 11) is 0. The van der Waals surface area contributed by atoms with Gasteiger partial charge < -0.3 is 10.4 Å². The van der Waals surface area contributed by atoms with Crippen molar-refractivity contribution in [3.05, 3.63) is 46.0 Å². The monoisotopic (exact) mass is 407 g/mol. The fourth-order valence-electron chi connectivity index (χ4n) is 7.40. The van der Waals surface area contributed by atoms with Crippen LogP contribution in [0.15, 0.2) is 23.8 Å². The molecule has 0 aromatic heterocycles. The molecule has 3 heteroatoms. The Bertz CT molecular complexity index is 902. The molecule has 3 nitrogen and oxygen atoms in total. The van der Waals surface area contributed by atoms with E-state index in [9.17, 15) is 9.90 Å². The Morgan fingerprint density at radius 1 is 1.27 bits per heavy atom. The van der Waals surface area contributed by atoms with Gasteiger partial charge in [-0.3, -0.25) is 4.79 Å². The zero-order valence-corrected chi connectivity index (χ0v) is 19.0. The van der Waals surface area contributed by atoms with E-state index < -0.39 is 0 Å². The van der Waals surface area contributed by atoms with Crippen LogP contribution in [-0.2, 0) is 11.2 Å². The number of aliphatic hydroxyl groups excluding tert-OH is 1. The van der Waals surface area contributed by atoms with Crippen LogP contribution in [0.2, 0.25) is 0 Å². The predicted molar refractivity (Wildman–Crippen MR) is 121 cm³/mol. The van der Waals surface area contributed by atoms with Gasteiger partial charge in [-0.15, -0.1) is 0 Å². The smallest absolute Gasteiger partial charge is 0.155 e. The second-order valence-corrected chi connectivity index (χ2v) is 11.0. The van der Waals surface area contributed by atoms with Crippen LogP contribution >= 0.6 is 0 Å². The number of hydrogen-bond donors (Lipinski definition) is 2. The maximum Gasteiger partial charge on any atom is 0.155 e. The van der Waals surface area contributed by atoms with Crippen LogP contribution in [0.3, 0.4) is 0 Å². The van der Waals surface area contributed by atoms with E-state index in [0.717, 1.165) is 32.2 Å². The lowest BCUT2D eigenvalue weighted by molar-refractivity contribution is -0.116. The molecule has 1 saturated carbocycles. The fraction of sp³-hybridized carbons (Fsp3) is 0.667. The minimum atomic E-state index is -0.273. The molecule has 4 aliphatic rings. The van der Waals surface area contributed by atoms with Crippen LogP contribution < -0.4 is 5.32 Å². The third-order valence-corrected chi connectivity index (χ3v) is 9.28. The highest BCUT2D eigenvalue weighted by Crippen LogP contribution is 2.60. The highest BCUT2D eigenvalue weighted by Gasteiger charge is 2.50. The van der Waals surface area contributed by atoms with Crippen LogP contribution in [0.1, 0.15) is 87.0 Å². The number of benzene rings is 1. The van der Waals surface area contributed by atoms with Crippen molar-refractivity contribution in [3.63, 3.8) is 0 Å². The van der Waals surface area contributed by atoms with E-state index in [-0.39, 0.29) is 17.6 Å². The summed E-state index contributed by atoms with van der Waals surface area (Å²) in [6.07, 6.45) is 7.74. The molecule has 3 aliphatic carbocycles. The van der Waals surface area contributed by atoms with Gasteiger partial charge in [-0.2, -0.15) is 0 Å². The molecule has 1 aromatic carbocycles. The van der Waals surface area contributed by atoms with Crippen molar-refractivity contribution < 1.29 is 9.90 Å². The summed E-state index contributed by atoms with van der Waals surface area (Å²) in [6.45, 7) is 10.2. The van der Waals surface area contributed by atoms with E-state index >= 15 is 0 Å². The molecule has 1 aliphatic heterocycles. The lowest BCUT2D eigenvalue weighted by atomic mass is 9.57. The molecule has 0 bridgehead atoms. The van der Waals surface area contributed by atoms with E-state index in [0.29, 0.717) is 35.9 Å². The minimum absolute atomic E-state index is 0.137. The number of carbonyl (C=O) groups is 1. The van der Waals surface area contributed by atoms with E-state index in [1.165, 1.54) is 23.1 Å². The standard InChI is InChI=1S/C27H37NO2/c1-15-11-25(30)26(28-14-15)17(3)20-7-8-21-22-6-5-18-12-19(29)9-10-27(18,4)24(22)13-23(21)16(20)2/h7-8,12,15,17,22,24-26,28,30H,5-6,9-11,13-14H2,1-4H3/t15-,17-,22?,24?,25+,26-,27-/m0/s1. The van der Waals surface area contributed by atoms with Gasteiger partial charge in [0.1, 0.15) is 0 Å². The van der Waals surface area contributed by atoms with E-state index in [1.807, 2.05) is 6.08 Å². The number of piperidine rings is 1. The molecular weight excluding hydrogens is 370 g/mol. The maximum absolute atomic E-state index is 12.0. The zero-order valence-electron chi connectivity index (χ0n) is 19.0. The maximum atomic E-state index is 12.0. The van der Waals surface area contributed by atoms with Gasteiger partial charge in [0.15, 0.2) is 5.78 Å². The van der Waals surface area contributed by atoms with Crippen molar-refractivity contribution in [2.45, 2.75) is 90.2 Å². The van der Waals surface area contributed by atoms with Gasteiger partial charge in [0, 0.05) is 12.5 Å². The van der Waals surface area contributed by atoms with Crippen LogP contribution in [0, 0.1) is 24.2 Å². The largest absolute Gasteiger partial charge is 0.391 e. The molecule has 2 fully saturated rings. The summed E-state index contributed by atoms with van der Waals surface area (Å²) in [5.74, 6) is 2.44. The van der Waals surface area contributed by atoms with E-state index in [4.69, 9.17) is 0 Å². The summed E-state index contributed by atoms with van der Waals surface area (Å²) in [4.78, 5) is 12.0. The lowest BCUT2D eigenvalue weighted by Crippen LogP contribution is -2.50. The Morgan fingerprint density at radius 3 is 2.83 bits per heavy atom. The summed E-state index contributed by atoms with van der Waals surface area (Å²) in [6, 6.07) is 4.90. The third-order valence-electron chi connectivity index (χ3n) is 9.28. The van der Waals surface area contributed by atoms with Crippen LogP contribution in [0.5, 0.6) is 0 Å². The van der Waals surface area contributed by atoms with Crippen molar-refractivity contribution in [1.29, 1.82) is 0 Å². The normalized spacial score (nSPS) is 39.0. The topological polar surface area (TPSA) is 49.3 Å². The number of carbonyl (C=O) groups excluding carboxylic acids is 1. The molecule has 2 N–H and O–H groups in total. The quantitative estimate of drug-likeness (QED) is 0.740. The van der Waals surface area contributed by atoms with E-state index in [2.05, 4.69) is 45.1 Å². The highest BCUT2D eigenvalue weighted by molar-refractivity contribution is 5.91. The number of aliphatic hydroxyl groups is 1. The van der Waals surface area contributed by atoms with Gasteiger partial charge in [0.25, 0.3) is 0 Å². The molecule has 0 spiro atoms. The summed E-state index contributed by atoms with van der Waals surface area (Å²) >= 11 is 0. The van der Waals surface area contributed by atoms with Crippen molar-refractivity contribution in [1.82, 2.24) is 5.32 Å². The number of allylic oxidation sites excluding steroid dienone is 2. The second kappa shape index (κ2) is 7.31. The summed E-state index contributed by atoms with van der Waals surface area (Å²) in [5, 5.41) is 14.3. The van der Waals surface area contributed by atoms with Gasteiger partial charge in [-0.25, -0.2) is 0 Å². The van der Waals surface area contributed by atoms with Gasteiger partial charge in [0.05, 0.1) is 6.10 Å². The lowest BCUT2D eigenvalue weighted by Gasteiger charge is -2.47. The molecule has 5 rings (SSSR count). The molecular formula is C27H37NO2. The van der Waals surface area contributed by atoms with Gasteiger partial charge in [-0.05, 0) is 103 Å². The fourth-order valence-corrected chi connectivity index (χ4v) is 7.40. The third kappa shape index (κ3) is 3.04. The van der Waals surface area contributed by atoms with Gasteiger partial charge in [0.2, 0.25) is 0 Å². The molecule has 1 aromatic rings. The number of hydrogen-bond acceptors (Lipinski definition) is 3. The number of rotatable bonds is 2. The predicted octanol–water partition coefficient (Wildman–Crippen LogP) is 4.80. The van der Waals surface area contributed by atoms with Crippen LogP contribution in [-0.4, -0.2) is 29.6 Å². The number of fused-ring (bicyclic) bond motifs is 5. The van der Waals surface area contributed by atoms with Crippen molar-refractivity contribution in [2.75, 3.05) is 6.54 Å². The zero-order chi connectivity index (χ0) is 21.2. The molecule has 0 radical (unpaired) electrons. The van der Waals surface area contributed by atoms with Gasteiger partial charge >= 0.3 is 0 Å². The first-order valence-electron chi connectivity index (χ1n) is 12.1. The first kappa shape index (κ1) is 20.5. The molecule has 2 unspecified atom stereocenters. The Labute approximate surface area is 181 Å². The Morgan fingerprint density at radius 2 is 2.07 bits per heavy atom. The van der Waals surface area contributed by atoms with Crippen LogP contribution in [0.4, 0.5) is 0 Å². The molecule has 0 amide bonds. The Hall–Kier alpha value is -1.45. The van der Waals surface area contributed by atoms with Gasteiger partial charge in [-0.1, -0.05) is 38.5 Å². The van der Waals surface area contributed by atoms with Crippen LogP contribution in [0.25, 0.3) is 0 Å². The SMILES string of the molecule is Cc1c([C@H](C)[C@@H]2NC[C@@H](C)C[C@H]2O)ccc2c1CC1C2CCC2=CC(=O)CC[C@@]21C. The average Bonchev–Trinajstić information content (AvgIpc) is 3.09. The van der Waals surface area contributed by atoms with E-state index in [1.54, 1.807) is 11.1 Å². The number of ketones is 1. The highest BCUT2D eigenvalue weighted by atomic mass is 16.3. The number of nitrogens with one attached hydrogen (secondary N) is 1. The Balaban J connectivity index is 1.46. The van der Waals surface area contributed by atoms with Crippen molar-refractivity contribution in [2.24, 2.45) is 17.3 Å².